The van der Waals surface area contributed by atoms with Gasteiger partial charge in [0.05, 0.1) is 6.04 Å². The van der Waals surface area contributed by atoms with Gasteiger partial charge in [0, 0.05) is 31.9 Å². The highest BCUT2D eigenvalue weighted by Gasteiger charge is 2.37. The minimum absolute atomic E-state index is 0.00406. The summed E-state index contributed by atoms with van der Waals surface area (Å²) < 4.78 is 5.64. The lowest BCUT2D eigenvalue weighted by molar-refractivity contribution is -0.136. The van der Waals surface area contributed by atoms with Crippen LogP contribution >= 0.6 is 0 Å². The molecule has 1 saturated heterocycles. The molecule has 0 spiro atoms. The minimum Gasteiger partial charge on any atom is -0.484 e. The molecule has 1 aliphatic heterocycles. The van der Waals surface area contributed by atoms with Gasteiger partial charge in [0.15, 0.2) is 6.61 Å². The van der Waals surface area contributed by atoms with Gasteiger partial charge in [-0.15, -0.1) is 0 Å². The molecule has 1 atom stereocenters. The van der Waals surface area contributed by atoms with E-state index in [0.29, 0.717) is 43.8 Å². The van der Waals surface area contributed by atoms with Gasteiger partial charge in [-0.1, -0.05) is 57.0 Å². The summed E-state index contributed by atoms with van der Waals surface area (Å²) in [6, 6.07) is 17.5. The van der Waals surface area contributed by atoms with Gasteiger partial charge in [0.2, 0.25) is 5.91 Å². The fourth-order valence-corrected chi connectivity index (χ4v) is 5.12. The zero-order valence-corrected chi connectivity index (χ0v) is 20.4. The second kappa shape index (κ2) is 11.5. The van der Waals surface area contributed by atoms with Crippen LogP contribution in [0.25, 0.3) is 0 Å². The van der Waals surface area contributed by atoms with Gasteiger partial charge in [0.25, 0.3) is 5.91 Å². The van der Waals surface area contributed by atoms with E-state index < -0.39 is 0 Å². The van der Waals surface area contributed by atoms with Crippen molar-refractivity contribution in [3.05, 3.63) is 60.2 Å². The molecule has 34 heavy (non-hydrogen) atoms. The first-order valence-electron chi connectivity index (χ1n) is 12.6. The molecule has 6 heteroatoms. The number of nitrogens with zero attached hydrogens (tertiary/aromatic N) is 2. The van der Waals surface area contributed by atoms with Crippen LogP contribution in [-0.4, -0.2) is 60.4 Å². The standard InChI is InChI=1S/C28H37N3O3/c1-21(2)22-12-14-24(15-13-22)29-28(33)27(23-8-6-7-9-23)31-18-16-30(17-19-31)26(32)20-34-25-10-4-3-5-11-25/h3-5,10-15,21,23,27H,6-9,16-20H2,1-2H3,(H,29,33). The van der Waals surface area contributed by atoms with Gasteiger partial charge in [-0.2, -0.15) is 0 Å². The van der Waals surface area contributed by atoms with Gasteiger partial charge in [-0.05, 0) is 54.5 Å². The van der Waals surface area contributed by atoms with E-state index in [0.717, 1.165) is 18.5 Å². The molecule has 6 nitrogen and oxygen atoms in total. The van der Waals surface area contributed by atoms with E-state index in [1.54, 1.807) is 0 Å². The number of ether oxygens (including phenoxy) is 1. The zero-order valence-electron chi connectivity index (χ0n) is 20.4. The van der Waals surface area contributed by atoms with Gasteiger partial charge in [-0.25, -0.2) is 0 Å². The van der Waals surface area contributed by atoms with Crippen molar-refractivity contribution in [3.63, 3.8) is 0 Å². The number of nitrogens with one attached hydrogen (secondary N) is 1. The highest BCUT2D eigenvalue weighted by Crippen LogP contribution is 2.32. The molecular weight excluding hydrogens is 426 g/mol. The largest absolute Gasteiger partial charge is 0.484 e. The number of amides is 2. The highest BCUT2D eigenvalue weighted by molar-refractivity contribution is 5.95. The van der Waals surface area contributed by atoms with Gasteiger partial charge >= 0.3 is 0 Å². The number of para-hydroxylation sites is 1. The third kappa shape index (κ3) is 6.17. The lowest BCUT2D eigenvalue weighted by atomic mass is 9.94. The van der Waals surface area contributed by atoms with Crippen LogP contribution in [0.5, 0.6) is 5.75 Å². The summed E-state index contributed by atoms with van der Waals surface area (Å²) >= 11 is 0. The van der Waals surface area contributed by atoms with Crippen LogP contribution in [0.2, 0.25) is 0 Å². The summed E-state index contributed by atoms with van der Waals surface area (Å²) in [6.45, 7) is 7.04. The molecule has 2 aromatic rings. The van der Waals surface area contributed by atoms with Crippen molar-refractivity contribution in [3.8, 4) is 5.75 Å². The van der Waals surface area contributed by atoms with Crippen molar-refractivity contribution in [2.45, 2.75) is 51.5 Å². The number of hydrogen-bond acceptors (Lipinski definition) is 4. The van der Waals surface area contributed by atoms with Crippen molar-refractivity contribution < 1.29 is 14.3 Å². The molecule has 1 unspecified atom stereocenters. The summed E-state index contributed by atoms with van der Waals surface area (Å²) in [5.41, 5.74) is 2.12. The lowest BCUT2D eigenvalue weighted by Crippen LogP contribution is -2.57. The van der Waals surface area contributed by atoms with Crippen molar-refractivity contribution in [1.82, 2.24) is 9.80 Å². The first-order chi connectivity index (χ1) is 16.5. The number of carbonyl (C=O) groups excluding carboxylic acids is 2. The Morgan fingerprint density at radius 1 is 0.941 bits per heavy atom. The van der Waals surface area contributed by atoms with Crippen molar-refractivity contribution in [2.24, 2.45) is 5.92 Å². The molecule has 2 amide bonds. The number of carbonyl (C=O) groups is 2. The van der Waals surface area contributed by atoms with E-state index in [-0.39, 0.29) is 24.5 Å². The topological polar surface area (TPSA) is 61.9 Å². The third-order valence-corrected chi connectivity index (χ3v) is 7.13. The molecule has 1 saturated carbocycles. The molecule has 1 aliphatic carbocycles. The maximum atomic E-state index is 13.4. The molecule has 2 fully saturated rings. The second-order valence-electron chi connectivity index (χ2n) is 9.77. The van der Waals surface area contributed by atoms with E-state index in [1.165, 1.54) is 18.4 Å². The molecule has 182 valence electrons. The Bertz CT molecular complexity index is 931. The molecule has 2 aliphatic rings. The average molecular weight is 464 g/mol. The number of piperazine rings is 1. The van der Waals surface area contributed by atoms with E-state index in [2.05, 4.69) is 36.2 Å². The fraction of sp³-hybridized carbons (Fsp3) is 0.500. The van der Waals surface area contributed by atoms with Gasteiger partial charge < -0.3 is 15.0 Å². The molecule has 1 N–H and O–H groups in total. The van der Waals surface area contributed by atoms with Crippen LogP contribution < -0.4 is 10.1 Å². The summed E-state index contributed by atoms with van der Waals surface area (Å²) in [6.07, 6.45) is 4.56. The Morgan fingerprint density at radius 2 is 1.59 bits per heavy atom. The van der Waals surface area contributed by atoms with Crippen molar-refractivity contribution in [2.75, 3.05) is 38.1 Å². The van der Waals surface area contributed by atoms with Crippen LogP contribution in [0.3, 0.4) is 0 Å². The second-order valence-corrected chi connectivity index (χ2v) is 9.77. The summed E-state index contributed by atoms with van der Waals surface area (Å²) in [7, 11) is 0. The third-order valence-electron chi connectivity index (χ3n) is 7.13. The average Bonchev–Trinajstić information content (AvgIpc) is 3.38. The quantitative estimate of drug-likeness (QED) is 0.625. The lowest BCUT2D eigenvalue weighted by Gasteiger charge is -2.40. The Labute approximate surface area is 203 Å². The Hall–Kier alpha value is -2.86. The van der Waals surface area contributed by atoms with Crippen LogP contribution in [0.4, 0.5) is 5.69 Å². The molecule has 1 heterocycles. The van der Waals surface area contributed by atoms with Crippen LogP contribution in [-0.2, 0) is 9.59 Å². The van der Waals surface area contributed by atoms with E-state index >= 15 is 0 Å². The van der Waals surface area contributed by atoms with Crippen LogP contribution in [0, 0.1) is 5.92 Å². The number of anilines is 1. The smallest absolute Gasteiger partial charge is 0.260 e. The maximum Gasteiger partial charge on any atom is 0.260 e. The maximum absolute atomic E-state index is 13.4. The fourth-order valence-electron chi connectivity index (χ4n) is 5.12. The first kappa shape index (κ1) is 24.3. The summed E-state index contributed by atoms with van der Waals surface area (Å²) in [5, 5.41) is 3.17. The molecule has 0 bridgehead atoms. The Kier molecular flexibility index (Phi) is 8.22. The van der Waals surface area contributed by atoms with Crippen LogP contribution in [0.15, 0.2) is 54.6 Å². The predicted octanol–water partition coefficient (Wildman–Crippen LogP) is 4.53. The monoisotopic (exact) mass is 463 g/mol. The molecular formula is C28H37N3O3. The minimum atomic E-state index is -0.148. The van der Waals surface area contributed by atoms with Gasteiger partial charge in [-0.3, -0.25) is 14.5 Å². The Balaban J connectivity index is 1.34. The normalized spacial score (nSPS) is 18.1. The first-order valence-corrected chi connectivity index (χ1v) is 12.6. The van der Waals surface area contributed by atoms with E-state index in [1.807, 2.05) is 47.4 Å². The molecule has 2 aromatic carbocycles. The molecule has 4 rings (SSSR count). The number of benzene rings is 2. The van der Waals surface area contributed by atoms with Crippen LogP contribution in [0.1, 0.15) is 51.0 Å². The van der Waals surface area contributed by atoms with E-state index in [4.69, 9.17) is 4.74 Å². The van der Waals surface area contributed by atoms with Crippen molar-refractivity contribution in [1.29, 1.82) is 0 Å². The molecule has 0 radical (unpaired) electrons. The summed E-state index contributed by atoms with van der Waals surface area (Å²) in [5.74, 6) is 1.62. The highest BCUT2D eigenvalue weighted by atomic mass is 16.5. The molecule has 0 aromatic heterocycles. The number of rotatable bonds is 8. The summed E-state index contributed by atoms with van der Waals surface area (Å²) in [4.78, 5) is 30.2. The predicted molar refractivity (Wildman–Crippen MR) is 135 cm³/mol. The zero-order chi connectivity index (χ0) is 23.9. The number of hydrogen-bond donors (Lipinski definition) is 1. The Morgan fingerprint density at radius 3 is 2.21 bits per heavy atom. The van der Waals surface area contributed by atoms with Crippen molar-refractivity contribution >= 4 is 17.5 Å². The SMILES string of the molecule is CC(C)c1ccc(NC(=O)C(C2CCCC2)N2CCN(C(=O)COc3ccccc3)CC2)cc1. The van der Waals surface area contributed by atoms with Gasteiger partial charge in [0.1, 0.15) is 5.75 Å². The van der Waals surface area contributed by atoms with E-state index in [9.17, 15) is 9.59 Å².